The molecule has 0 aromatic carbocycles. The smallest absolute Gasteiger partial charge is 0.110 e. The molecule has 0 aliphatic heterocycles. The molecule has 2 N–H and O–H groups in total. The Bertz CT molecular complexity index is 270. The fraction of sp³-hybridized carbons (Fsp3) is 0.700. The number of hydrogen-bond donors (Lipinski definition) is 2. The second-order valence-electron chi connectivity index (χ2n) is 3.98. The molecule has 1 rings (SSSR count). The van der Waals surface area contributed by atoms with Gasteiger partial charge in [0, 0.05) is 5.69 Å². The summed E-state index contributed by atoms with van der Waals surface area (Å²) in [5.74, 6) is 0.518. The van der Waals surface area contributed by atoms with Gasteiger partial charge in [0.1, 0.15) is 6.67 Å². The lowest BCUT2D eigenvalue weighted by atomic mass is 10.1. The van der Waals surface area contributed by atoms with E-state index in [1.165, 1.54) is 0 Å². The van der Waals surface area contributed by atoms with E-state index in [1.54, 1.807) is 0 Å². The predicted molar refractivity (Wildman–Crippen MR) is 54.9 cm³/mol. The molecule has 0 radical (unpaired) electrons. The summed E-state index contributed by atoms with van der Waals surface area (Å²) >= 11 is 0. The Morgan fingerprint density at radius 1 is 1.57 bits per heavy atom. The van der Waals surface area contributed by atoms with Crippen molar-refractivity contribution in [3.8, 4) is 0 Å². The molecule has 80 valence electrons. The summed E-state index contributed by atoms with van der Waals surface area (Å²) in [4.78, 5) is 0. The van der Waals surface area contributed by atoms with Gasteiger partial charge in [0.05, 0.1) is 11.7 Å². The van der Waals surface area contributed by atoms with Crippen LogP contribution in [-0.2, 0) is 0 Å². The number of nitrogens with one attached hydrogen (secondary N) is 2. The first-order valence-electron chi connectivity index (χ1n) is 4.94. The Morgan fingerprint density at radius 2 is 2.29 bits per heavy atom. The SMILES string of the molecule is Cc1cc(C(CF)NCC(C)C)n[nH]1. The first-order chi connectivity index (χ1) is 6.63. The van der Waals surface area contributed by atoms with Crippen LogP contribution < -0.4 is 5.32 Å². The van der Waals surface area contributed by atoms with E-state index < -0.39 is 6.67 Å². The molecule has 1 aromatic rings. The summed E-state index contributed by atoms with van der Waals surface area (Å²) < 4.78 is 12.7. The number of aromatic nitrogens is 2. The van der Waals surface area contributed by atoms with E-state index >= 15 is 0 Å². The minimum atomic E-state index is -0.420. The van der Waals surface area contributed by atoms with E-state index in [0.717, 1.165) is 17.9 Å². The molecular formula is C10H18FN3. The summed E-state index contributed by atoms with van der Waals surface area (Å²) in [5, 5.41) is 9.99. The minimum Gasteiger partial charge on any atom is -0.306 e. The highest BCUT2D eigenvalue weighted by molar-refractivity contribution is 5.11. The Balaban J connectivity index is 2.54. The summed E-state index contributed by atoms with van der Waals surface area (Å²) in [6, 6.07) is 1.60. The molecular weight excluding hydrogens is 181 g/mol. The van der Waals surface area contributed by atoms with Gasteiger partial charge in [-0.1, -0.05) is 13.8 Å². The highest BCUT2D eigenvalue weighted by Crippen LogP contribution is 2.11. The Labute approximate surface area is 84.1 Å². The number of alkyl halides is 1. The van der Waals surface area contributed by atoms with Crippen LogP contribution in [0, 0.1) is 12.8 Å². The molecule has 1 unspecified atom stereocenters. The standard InChI is InChI=1S/C10H18FN3/c1-7(2)6-12-10(5-11)9-4-8(3)13-14-9/h4,7,10,12H,5-6H2,1-3H3,(H,13,14). The van der Waals surface area contributed by atoms with Crippen LogP contribution in [0.2, 0.25) is 0 Å². The normalized spacial score (nSPS) is 13.5. The molecule has 1 aromatic heterocycles. The maximum absolute atomic E-state index is 12.7. The maximum atomic E-state index is 12.7. The average Bonchev–Trinajstić information content (AvgIpc) is 2.53. The molecule has 1 atom stereocenters. The van der Waals surface area contributed by atoms with Crippen molar-refractivity contribution in [2.75, 3.05) is 13.2 Å². The second-order valence-corrected chi connectivity index (χ2v) is 3.98. The van der Waals surface area contributed by atoms with Crippen LogP contribution in [0.4, 0.5) is 4.39 Å². The largest absolute Gasteiger partial charge is 0.306 e. The van der Waals surface area contributed by atoms with Gasteiger partial charge < -0.3 is 5.32 Å². The van der Waals surface area contributed by atoms with Gasteiger partial charge in [-0.05, 0) is 25.5 Å². The zero-order chi connectivity index (χ0) is 10.6. The molecule has 0 aliphatic carbocycles. The zero-order valence-electron chi connectivity index (χ0n) is 8.97. The topological polar surface area (TPSA) is 40.7 Å². The van der Waals surface area contributed by atoms with Crippen molar-refractivity contribution in [3.05, 3.63) is 17.5 Å². The van der Waals surface area contributed by atoms with Crippen molar-refractivity contribution in [3.63, 3.8) is 0 Å². The molecule has 0 amide bonds. The van der Waals surface area contributed by atoms with Gasteiger partial charge in [-0.2, -0.15) is 5.10 Å². The van der Waals surface area contributed by atoms with Gasteiger partial charge in [-0.3, -0.25) is 5.10 Å². The van der Waals surface area contributed by atoms with Crippen LogP contribution in [0.1, 0.15) is 31.3 Å². The number of aromatic amines is 1. The lowest BCUT2D eigenvalue weighted by Gasteiger charge is -2.14. The third-order valence-corrected chi connectivity index (χ3v) is 2.01. The van der Waals surface area contributed by atoms with Crippen LogP contribution >= 0.6 is 0 Å². The number of H-pyrrole nitrogens is 1. The van der Waals surface area contributed by atoms with Crippen molar-refractivity contribution in [1.82, 2.24) is 15.5 Å². The minimum absolute atomic E-state index is 0.276. The van der Waals surface area contributed by atoms with Gasteiger partial charge in [-0.25, -0.2) is 4.39 Å². The Morgan fingerprint density at radius 3 is 2.71 bits per heavy atom. The van der Waals surface area contributed by atoms with Crippen molar-refractivity contribution in [2.45, 2.75) is 26.8 Å². The Hall–Kier alpha value is -0.900. The van der Waals surface area contributed by atoms with Crippen molar-refractivity contribution in [1.29, 1.82) is 0 Å². The molecule has 1 heterocycles. The molecule has 0 fully saturated rings. The average molecular weight is 199 g/mol. The van der Waals surface area contributed by atoms with Crippen LogP contribution in [0.3, 0.4) is 0 Å². The fourth-order valence-electron chi connectivity index (χ4n) is 1.23. The quantitative estimate of drug-likeness (QED) is 0.761. The van der Waals surface area contributed by atoms with Crippen molar-refractivity contribution < 1.29 is 4.39 Å². The highest BCUT2D eigenvalue weighted by atomic mass is 19.1. The summed E-state index contributed by atoms with van der Waals surface area (Å²) in [6.07, 6.45) is 0. The summed E-state index contributed by atoms with van der Waals surface area (Å²) in [6.45, 7) is 6.49. The lowest BCUT2D eigenvalue weighted by molar-refractivity contribution is 0.362. The molecule has 4 heteroatoms. The van der Waals surface area contributed by atoms with E-state index in [0.29, 0.717) is 5.92 Å². The van der Waals surface area contributed by atoms with Crippen LogP contribution in [-0.4, -0.2) is 23.4 Å². The van der Waals surface area contributed by atoms with Crippen LogP contribution in [0.25, 0.3) is 0 Å². The molecule has 0 bridgehead atoms. The van der Waals surface area contributed by atoms with E-state index in [4.69, 9.17) is 0 Å². The van der Waals surface area contributed by atoms with E-state index in [2.05, 4.69) is 29.4 Å². The van der Waals surface area contributed by atoms with Crippen molar-refractivity contribution >= 4 is 0 Å². The van der Waals surface area contributed by atoms with E-state index in [-0.39, 0.29) is 6.04 Å². The third kappa shape index (κ3) is 3.10. The Kier molecular flexibility index (Phi) is 4.07. The van der Waals surface area contributed by atoms with Gasteiger partial charge in [0.2, 0.25) is 0 Å². The van der Waals surface area contributed by atoms with E-state index in [1.807, 2.05) is 13.0 Å². The predicted octanol–water partition coefficient (Wildman–Crippen LogP) is 1.97. The monoisotopic (exact) mass is 199 g/mol. The van der Waals surface area contributed by atoms with Crippen molar-refractivity contribution in [2.24, 2.45) is 5.92 Å². The number of hydrogen-bond acceptors (Lipinski definition) is 2. The molecule has 0 spiro atoms. The zero-order valence-corrected chi connectivity index (χ0v) is 8.97. The molecule has 0 saturated heterocycles. The number of nitrogens with zero attached hydrogens (tertiary/aromatic N) is 1. The molecule has 14 heavy (non-hydrogen) atoms. The second kappa shape index (κ2) is 5.10. The molecule has 0 aliphatic rings. The van der Waals surface area contributed by atoms with Gasteiger partial charge in [-0.15, -0.1) is 0 Å². The fourth-order valence-corrected chi connectivity index (χ4v) is 1.23. The number of rotatable bonds is 5. The lowest BCUT2D eigenvalue weighted by Crippen LogP contribution is -2.27. The maximum Gasteiger partial charge on any atom is 0.110 e. The number of halogens is 1. The van der Waals surface area contributed by atoms with E-state index in [9.17, 15) is 4.39 Å². The van der Waals surface area contributed by atoms with Gasteiger partial charge in [0.25, 0.3) is 0 Å². The summed E-state index contributed by atoms with van der Waals surface area (Å²) in [5.41, 5.74) is 1.72. The van der Waals surface area contributed by atoms with Crippen LogP contribution in [0.5, 0.6) is 0 Å². The third-order valence-electron chi connectivity index (χ3n) is 2.01. The van der Waals surface area contributed by atoms with Gasteiger partial charge >= 0.3 is 0 Å². The highest BCUT2D eigenvalue weighted by Gasteiger charge is 2.13. The number of aryl methyl sites for hydroxylation is 1. The summed E-state index contributed by atoms with van der Waals surface area (Å²) in [7, 11) is 0. The first-order valence-corrected chi connectivity index (χ1v) is 4.94. The van der Waals surface area contributed by atoms with Gasteiger partial charge in [0.15, 0.2) is 0 Å². The van der Waals surface area contributed by atoms with Crippen LogP contribution in [0.15, 0.2) is 6.07 Å². The molecule has 3 nitrogen and oxygen atoms in total. The first kappa shape index (κ1) is 11.2. The molecule has 0 saturated carbocycles.